The molecule has 0 aliphatic carbocycles. The van der Waals surface area contributed by atoms with E-state index in [9.17, 15) is 14.0 Å². The van der Waals surface area contributed by atoms with Gasteiger partial charge < -0.3 is 20.4 Å². The molecule has 0 aliphatic heterocycles. The van der Waals surface area contributed by atoms with E-state index in [0.29, 0.717) is 17.9 Å². The zero-order valence-electron chi connectivity index (χ0n) is 20.1. The lowest BCUT2D eigenvalue weighted by Gasteiger charge is -2.33. The van der Waals surface area contributed by atoms with Crippen LogP contribution in [-0.2, 0) is 11.3 Å². The molecule has 2 N–H and O–H groups in total. The zero-order valence-corrected chi connectivity index (χ0v) is 20.1. The second-order valence-corrected chi connectivity index (χ2v) is 8.93. The monoisotopic (exact) mass is 442 g/mol. The molecule has 0 fully saturated rings. The molecule has 0 saturated carbocycles. The number of anilines is 3. The van der Waals surface area contributed by atoms with E-state index >= 15 is 0 Å². The van der Waals surface area contributed by atoms with Crippen molar-refractivity contribution in [1.29, 1.82) is 0 Å². The largest absolute Gasteiger partial charge is 0.377 e. The molecular weight excluding hydrogens is 407 g/mol. The molecule has 2 aromatic rings. The Hall–Kier alpha value is -3.09. The maximum Gasteiger partial charge on any atom is 0.322 e. The predicted molar refractivity (Wildman–Crippen MR) is 129 cm³/mol. The molecule has 0 aliphatic rings. The molecule has 2 aromatic carbocycles. The van der Waals surface area contributed by atoms with Crippen molar-refractivity contribution >= 4 is 29.0 Å². The van der Waals surface area contributed by atoms with Gasteiger partial charge in [0.25, 0.3) is 0 Å². The molecule has 0 unspecified atom stereocenters. The molecule has 0 heterocycles. The quantitative estimate of drug-likeness (QED) is 0.562. The molecular formula is C25H35FN4O2. The van der Waals surface area contributed by atoms with E-state index in [1.54, 1.807) is 17.0 Å². The Labute approximate surface area is 190 Å². The minimum Gasteiger partial charge on any atom is -0.377 e. The second kappa shape index (κ2) is 11.0. The molecule has 0 saturated heterocycles. The van der Waals surface area contributed by atoms with E-state index in [0.717, 1.165) is 11.3 Å². The molecule has 32 heavy (non-hydrogen) atoms. The second-order valence-electron chi connectivity index (χ2n) is 8.93. The van der Waals surface area contributed by atoms with Gasteiger partial charge in [0.15, 0.2) is 0 Å². The van der Waals surface area contributed by atoms with Gasteiger partial charge in [0, 0.05) is 49.7 Å². The highest BCUT2D eigenvalue weighted by molar-refractivity contribution is 5.92. The average molecular weight is 443 g/mol. The van der Waals surface area contributed by atoms with Gasteiger partial charge in [-0.2, -0.15) is 0 Å². The maximum absolute atomic E-state index is 13.6. The van der Waals surface area contributed by atoms with Gasteiger partial charge in [-0.3, -0.25) is 4.79 Å². The average Bonchev–Trinajstić information content (AvgIpc) is 2.71. The zero-order chi connectivity index (χ0) is 24.0. The first-order valence-electron chi connectivity index (χ1n) is 10.9. The highest BCUT2D eigenvalue weighted by atomic mass is 19.1. The van der Waals surface area contributed by atoms with Crippen molar-refractivity contribution < 1.29 is 14.0 Å². The topological polar surface area (TPSA) is 64.7 Å². The Balaban J connectivity index is 2.38. The van der Waals surface area contributed by atoms with Gasteiger partial charge in [-0.25, -0.2) is 9.18 Å². The molecule has 0 radical (unpaired) electrons. The molecule has 2 rings (SSSR count). The van der Waals surface area contributed by atoms with Crippen molar-refractivity contribution in [2.75, 3.05) is 29.6 Å². The lowest BCUT2D eigenvalue weighted by molar-refractivity contribution is -0.118. The van der Waals surface area contributed by atoms with Gasteiger partial charge in [0.2, 0.25) is 5.91 Å². The number of benzene rings is 2. The first-order valence-corrected chi connectivity index (χ1v) is 10.9. The summed E-state index contributed by atoms with van der Waals surface area (Å²) in [6.07, 6.45) is 0. The number of nitrogens with zero attached hydrogens (tertiary/aromatic N) is 2. The Morgan fingerprint density at radius 1 is 0.938 bits per heavy atom. The molecule has 0 bridgehead atoms. The standard InChI is InChI=1S/C25H35FN4O2/c1-16(2)18(5)30(25(32)28-21-10-8-9-20(26)14-21)15-19-13-22(27-24(31)17(3)4)11-12-23(19)29(6)7/h8-14,16-18H,15H2,1-7H3,(H,27,31)(H,28,32)/t18-/m0/s1. The van der Waals surface area contributed by atoms with Crippen LogP contribution in [0.25, 0.3) is 0 Å². The fraction of sp³-hybridized carbons (Fsp3) is 0.440. The van der Waals surface area contributed by atoms with Crippen LogP contribution >= 0.6 is 0 Å². The van der Waals surface area contributed by atoms with Gasteiger partial charge in [0.1, 0.15) is 5.82 Å². The summed E-state index contributed by atoms with van der Waals surface area (Å²) in [6.45, 7) is 10.1. The highest BCUT2D eigenvalue weighted by Gasteiger charge is 2.25. The summed E-state index contributed by atoms with van der Waals surface area (Å²) < 4.78 is 13.6. The minimum absolute atomic E-state index is 0.0650. The summed E-state index contributed by atoms with van der Waals surface area (Å²) in [5.74, 6) is -0.402. The fourth-order valence-corrected chi connectivity index (χ4v) is 3.22. The van der Waals surface area contributed by atoms with Crippen LogP contribution in [0, 0.1) is 17.7 Å². The fourth-order valence-electron chi connectivity index (χ4n) is 3.22. The summed E-state index contributed by atoms with van der Waals surface area (Å²) in [5.41, 5.74) is 2.94. The number of hydrogen-bond acceptors (Lipinski definition) is 3. The number of rotatable bonds is 8. The molecule has 174 valence electrons. The molecule has 3 amide bonds. The summed E-state index contributed by atoms with van der Waals surface area (Å²) in [7, 11) is 3.88. The molecule has 0 aromatic heterocycles. The Kier molecular flexibility index (Phi) is 8.63. The third kappa shape index (κ3) is 6.70. The maximum atomic E-state index is 13.6. The van der Waals surface area contributed by atoms with E-state index < -0.39 is 5.82 Å². The van der Waals surface area contributed by atoms with Crippen molar-refractivity contribution in [3.63, 3.8) is 0 Å². The third-order valence-electron chi connectivity index (χ3n) is 5.49. The van der Waals surface area contributed by atoms with E-state index in [2.05, 4.69) is 24.5 Å². The van der Waals surface area contributed by atoms with Crippen LogP contribution in [0.4, 0.5) is 26.2 Å². The normalized spacial score (nSPS) is 11.9. The highest BCUT2D eigenvalue weighted by Crippen LogP contribution is 2.27. The van der Waals surface area contributed by atoms with Crippen LogP contribution in [0.3, 0.4) is 0 Å². The minimum atomic E-state index is -0.408. The van der Waals surface area contributed by atoms with Crippen LogP contribution in [0.15, 0.2) is 42.5 Å². The number of amides is 3. The lowest BCUT2D eigenvalue weighted by Crippen LogP contribution is -2.43. The number of halogens is 1. The summed E-state index contributed by atoms with van der Waals surface area (Å²) >= 11 is 0. The van der Waals surface area contributed by atoms with Crippen LogP contribution in [0.1, 0.15) is 40.2 Å². The van der Waals surface area contributed by atoms with Gasteiger partial charge >= 0.3 is 6.03 Å². The first kappa shape index (κ1) is 25.2. The van der Waals surface area contributed by atoms with Crippen molar-refractivity contribution in [2.24, 2.45) is 11.8 Å². The van der Waals surface area contributed by atoms with E-state index in [4.69, 9.17) is 0 Å². The van der Waals surface area contributed by atoms with Gasteiger partial charge in [-0.1, -0.05) is 33.8 Å². The van der Waals surface area contributed by atoms with E-state index in [1.807, 2.05) is 58.0 Å². The number of carbonyl (C=O) groups excluding carboxylic acids is 2. The number of urea groups is 1. The summed E-state index contributed by atoms with van der Waals surface area (Å²) in [4.78, 5) is 29.1. The van der Waals surface area contributed by atoms with Gasteiger partial charge in [0.05, 0.1) is 0 Å². The smallest absolute Gasteiger partial charge is 0.322 e. The van der Waals surface area contributed by atoms with Crippen molar-refractivity contribution in [2.45, 2.75) is 47.2 Å². The first-order chi connectivity index (χ1) is 15.0. The van der Waals surface area contributed by atoms with Crippen molar-refractivity contribution in [1.82, 2.24) is 4.90 Å². The van der Waals surface area contributed by atoms with Gasteiger partial charge in [-0.15, -0.1) is 0 Å². The van der Waals surface area contributed by atoms with E-state index in [-0.39, 0.29) is 29.8 Å². The molecule has 0 spiro atoms. The third-order valence-corrected chi connectivity index (χ3v) is 5.49. The predicted octanol–water partition coefficient (Wildman–Crippen LogP) is 5.56. The lowest BCUT2D eigenvalue weighted by atomic mass is 10.0. The Morgan fingerprint density at radius 3 is 2.16 bits per heavy atom. The summed E-state index contributed by atoms with van der Waals surface area (Å²) in [6, 6.07) is 11.2. The molecule has 1 atom stereocenters. The molecule has 6 nitrogen and oxygen atoms in total. The van der Waals surface area contributed by atoms with Crippen molar-refractivity contribution in [3.8, 4) is 0 Å². The van der Waals surface area contributed by atoms with Crippen LogP contribution < -0.4 is 15.5 Å². The number of nitrogens with one attached hydrogen (secondary N) is 2. The number of carbonyl (C=O) groups is 2. The Bertz CT molecular complexity index is 943. The SMILES string of the molecule is CC(C)C(=O)Nc1ccc(N(C)C)c(CN(C(=O)Nc2cccc(F)c2)[C@@H](C)C(C)C)c1. The van der Waals surface area contributed by atoms with Gasteiger partial charge in [-0.05, 0) is 54.8 Å². The van der Waals surface area contributed by atoms with Crippen molar-refractivity contribution in [3.05, 3.63) is 53.8 Å². The Morgan fingerprint density at radius 2 is 1.59 bits per heavy atom. The number of hydrogen-bond donors (Lipinski definition) is 2. The molecule has 7 heteroatoms. The van der Waals surface area contributed by atoms with Crippen LogP contribution in [-0.4, -0.2) is 37.0 Å². The van der Waals surface area contributed by atoms with E-state index in [1.165, 1.54) is 12.1 Å². The van der Waals surface area contributed by atoms with Crippen LogP contribution in [0.2, 0.25) is 0 Å². The van der Waals surface area contributed by atoms with Crippen LogP contribution in [0.5, 0.6) is 0 Å². The summed E-state index contributed by atoms with van der Waals surface area (Å²) in [5, 5.41) is 5.74.